The van der Waals surface area contributed by atoms with E-state index >= 15 is 0 Å². The van der Waals surface area contributed by atoms with Crippen LogP contribution in [-0.4, -0.2) is 28.2 Å². The molecule has 0 aliphatic carbocycles. The van der Waals surface area contributed by atoms with E-state index in [4.69, 9.17) is 0 Å². The van der Waals surface area contributed by atoms with Crippen LogP contribution < -0.4 is 0 Å². The Bertz CT molecular complexity index is 456. The zero-order valence-electron chi connectivity index (χ0n) is 8.37. The van der Waals surface area contributed by atoms with Crippen LogP contribution in [0, 0.1) is 10.1 Å². The molecular weight excluding hydrogens is 210 g/mol. The van der Waals surface area contributed by atoms with Crippen LogP contribution >= 0.6 is 0 Å². The predicted octanol–water partition coefficient (Wildman–Crippen LogP) is 0.857. The lowest BCUT2D eigenvalue weighted by Crippen LogP contribution is -2.40. The second-order valence-corrected chi connectivity index (χ2v) is 3.31. The van der Waals surface area contributed by atoms with Crippen molar-refractivity contribution in [3.05, 3.63) is 46.0 Å². The highest BCUT2D eigenvalue weighted by Gasteiger charge is 2.31. The lowest BCUT2D eigenvalue weighted by molar-refractivity contribution is -0.350. The van der Waals surface area contributed by atoms with Gasteiger partial charge in [-0.05, 0) is 17.1 Å². The maximum Gasteiger partial charge on any atom is 0.395 e. The van der Waals surface area contributed by atoms with Crippen molar-refractivity contribution in [3.8, 4) is 0 Å². The fourth-order valence-electron chi connectivity index (χ4n) is 1.31. The minimum Gasteiger partial charge on any atom is -0.358 e. The second kappa shape index (κ2) is 4.09. The molecule has 1 amide bonds. The fraction of sp³-hybridized carbons (Fsp3) is 0.200. The number of carbonyl (C=O) groups excluding carboxylic acids is 1. The van der Waals surface area contributed by atoms with Gasteiger partial charge in [-0.3, -0.25) is 4.79 Å². The Morgan fingerprint density at radius 1 is 1.38 bits per heavy atom. The Hall–Kier alpha value is -2.24. The third-order valence-electron chi connectivity index (χ3n) is 2.25. The number of hydrazone groups is 1. The van der Waals surface area contributed by atoms with Crippen molar-refractivity contribution in [2.24, 2.45) is 5.10 Å². The van der Waals surface area contributed by atoms with Gasteiger partial charge < -0.3 is 10.1 Å². The van der Waals surface area contributed by atoms with Crippen molar-refractivity contribution < 1.29 is 9.72 Å². The van der Waals surface area contributed by atoms with Crippen LogP contribution in [0.4, 0.5) is 0 Å². The first-order valence-electron chi connectivity index (χ1n) is 4.77. The Balaban J connectivity index is 2.31. The molecular formula is C10H9N3O3. The SMILES string of the molecule is O=C1CCN1N=C(c1ccccc1)[N+](=O)[O-]. The Labute approximate surface area is 91.3 Å². The predicted molar refractivity (Wildman–Crippen MR) is 56.3 cm³/mol. The Morgan fingerprint density at radius 2 is 2.06 bits per heavy atom. The number of β-lactam (4-membered cyclic amide) rings is 1. The Kier molecular flexibility index (Phi) is 2.63. The van der Waals surface area contributed by atoms with Crippen molar-refractivity contribution in [3.63, 3.8) is 0 Å². The number of nitrogens with zero attached hydrogens (tertiary/aromatic N) is 3. The minimum absolute atomic E-state index is 0.185. The lowest BCUT2D eigenvalue weighted by Gasteiger charge is -2.19. The van der Waals surface area contributed by atoms with Gasteiger partial charge in [-0.25, -0.2) is 0 Å². The van der Waals surface area contributed by atoms with Gasteiger partial charge in [-0.15, -0.1) is 5.01 Å². The standard InChI is InChI=1S/C10H9N3O3/c14-9-6-7-12(9)11-10(13(15)16)8-4-2-1-3-5-8/h1-5H,6-7H2. The molecule has 2 rings (SSSR count). The summed E-state index contributed by atoms with van der Waals surface area (Å²) in [5.74, 6) is -0.482. The average molecular weight is 219 g/mol. The molecule has 1 saturated heterocycles. The van der Waals surface area contributed by atoms with Crippen LogP contribution in [0.15, 0.2) is 35.4 Å². The molecule has 16 heavy (non-hydrogen) atoms. The van der Waals surface area contributed by atoms with Crippen molar-refractivity contribution in [1.29, 1.82) is 0 Å². The summed E-state index contributed by atoms with van der Waals surface area (Å²) >= 11 is 0. The fourth-order valence-corrected chi connectivity index (χ4v) is 1.31. The van der Waals surface area contributed by atoms with Gasteiger partial charge in [0, 0.05) is 0 Å². The van der Waals surface area contributed by atoms with E-state index in [-0.39, 0.29) is 11.7 Å². The van der Waals surface area contributed by atoms with Crippen molar-refractivity contribution in [2.75, 3.05) is 6.54 Å². The largest absolute Gasteiger partial charge is 0.395 e. The molecule has 0 saturated carbocycles. The summed E-state index contributed by atoms with van der Waals surface area (Å²) in [5.41, 5.74) is 0.396. The number of carbonyl (C=O) groups is 1. The summed E-state index contributed by atoms with van der Waals surface area (Å²) in [7, 11) is 0. The van der Waals surface area contributed by atoms with Crippen molar-refractivity contribution >= 4 is 11.7 Å². The van der Waals surface area contributed by atoms with Gasteiger partial charge >= 0.3 is 5.84 Å². The summed E-state index contributed by atoms with van der Waals surface area (Å²) < 4.78 is 0. The summed E-state index contributed by atoms with van der Waals surface area (Å²) in [6, 6.07) is 8.31. The van der Waals surface area contributed by atoms with Gasteiger partial charge in [0.2, 0.25) is 0 Å². The molecule has 0 aromatic heterocycles. The van der Waals surface area contributed by atoms with E-state index in [9.17, 15) is 14.9 Å². The molecule has 1 aromatic carbocycles. The highest BCUT2D eigenvalue weighted by Crippen LogP contribution is 2.11. The summed E-state index contributed by atoms with van der Waals surface area (Å²) in [4.78, 5) is 21.3. The molecule has 0 spiro atoms. The molecule has 1 aliphatic heterocycles. The smallest absolute Gasteiger partial charge is 0.358 e. The molecule has 0 unspecified atom stereocenters. The average Bonchev–Trinajstić information content (AvgIpc) is 2.28. The van der Waals surface area contributed by atoms with Crippen LogP contribution in [0.3, 0.4) is 0 Å². The first-order chi connectivity index (χ1) is 7.68. The molecule has 0 atom stereocenters. The minimum atomic E-state index is -0.582. The molecule has 1 aromatic rings. The van der Waals surface area contributed by atoms with E-state index in [0.717, 1.165) is 5.01 Å². The second-order valence-electron chi connectivity index (χ2n) is 3.31. The molecule has 1 fully saturated rings. The Morgan fingerprint density at radius 3 is 2.50 bits per heavy atom. The normalized spacial score (nSPS) is 15.9. The molecule has 0 N–H and O–H groups in total. The molecule has 1 heterocycles. The maximum atomic E-state index is 11.0. The number of nitro groups is 1. The molecule has 82 valence electrons. The molecule has 6 heteroatoms. The topological polar surface area (TPSA) is 75.8 Å². The molecule has 6 nitrogen and oxygen atoms in total. The number of rotatable bonds is 2. The first-order valence-corrected chi connectivity index (χ1v) is 4.77. The van der Waals surface area contributed by atoms with Gasteiger partial charge in [0.25, 0.3) is 5.91 Å². The van der Waals surface area contributed by atoms with E-state index in [1.54, 1.807) is 30.3 Å². The van der Waals surface area contributed by atoms with E-state index in [1.807, 2.05) is 0 Å². The summed E-state index contributed by atoms with van der Waals surface area (Å²) in [5, 5.41) is 15.7. The number of amidine groups is 1. The lowest BCUT2D eigenvalue weighted by atomic mass is 10.2. The van der Waals surface area contributed by atoms with Crippen LogP contribution in [0.25, 0.3) is 0 Å². The monoisotopic (exact) mass is 219 g/mol. The highest BCUT2D eigenvalue weighted by atomic mass is 16.6. The van der Waals surface area contributed by atoms with E-state index in [1.165, 1.54) is 0 Å². The zero-order valence-corrected chi connectivity index (χ0v) is 8.37. The number of hydrogen-bond donors (Lipinski definition) is 0. The van der Waals surface area contributed by atoms with E-state index < -0.39 is 4.92 Å². The molecule has 0 radical (unpaired) electrons. The molecule has 1 aliphatic rings. The van der Waals surface area contributed by atoms with Crippen LogP contribution in [0.5, 0.6) is 0 Å². The van der Waals surface area contributed by atoms with Gasteiger partial charge in [-0.2, -0.15) is 0 Å². The van der Waals surface area contributed by atoms with Gasteiger partial charge in [0.1, 0.15) is 0 Å². The van der Waals surface area contributed by atoms with Crippen LogP contribution in [0.1, 0.15) is 12.0 Å². The van der Waals surface area contributed by atoms with Gasteiger partial charge in [-0.1, -0.05) is 18.2 Å². The van der Waals surface area contributed by atoms with Crippen LogP contribution in [0.2, 0.25) is 0 Å². The van der Waals surface area contributed by atoms with Crippen molar-refractivity contribution in [2.45, 2.75) is 6.42 Å². The number of hydrogen-bond acceptors (Lipinski definition) is 4. The van der Waals surface area contributed by atoms with E-state index in [2.05, 4.69) is 5.10 Å². The highest BCUT2D eigenvalue weighted by molar-refractivity contribution is 5.93. The quantitative estimate of drug-likeness (QED) is 0.243. The van der Waals surface area contributed by atoms with Crippen molar-refractivity contribution in [1.82, 2.24) is 5.01 Å². The van der Waals surface area contributed by atoms with E-state index in [0.29, 0.717) is 18.5 Å². The third kappa shape index (κ3) is 1.90. The molecule has 0 bridgehead atoms. The first kappa shape index (κ1) is 10.3. The third-order valence-corrected chi connectivity index (χ3v) is 2.25. The van der Waals surface area contributed by atoms with Gasteiger partial charge in [0.15, 0.2) is 0 Å². The summed E-state index contributed by atoms with van der Waals surface area (Å²) in [6.07, 6.45) is 0.406. The maximum absolute atomic E-state index is 11.0. The zero-order chi connectivity index (χ0) is 11.5. The number of benzene rings is 1. The number of amides is 1. The van der Waals surface area contributed by atoms with Gasteiger partial charge in [0.05, 0.1) is 23.6 Å². The summed E-state index contributed by atoms with van der Waals surface area (Å²) in [6.45, 7) is 0.447. The van der Waals surface area contributed by atoms with Crippen LogP contribution in [-0.2, 0) is 4.79 Å².